The highest BCUT2D eigenvalue weighted by Gasteiger charge is 2.29. The largest absolute Gasteiger partial charge is 0.478 e. The molecular formula is C18H24ClN3O2. The summed E-state index contributed by atoms with van der Waals surface area (Å²) in [4.78, 5) is 16.3. The fourth-order valence-electron chi connectivity index (χ4n) is 2.27. The van der Waals surface area contributed by atoms with Gasteiger partial charge in [-0.25, -0.2) is 4.98 Å². The van der Waals surface area contributed by atoms with Crippen molar-refractivity contribution in [3.63, 3.8) is 0 Å². The van der Waals surface area contributed by atoms with Crippen LogP contribution in [0.2, 0.25) is 5.02 Å². The van der Waals surface area contributed by atoms with Crippen LogP contribution in [-0.4, -0.2) is 27.6 Å². The standard InChI is InChI=1S/C18H24ClN3O2/c1-18(2,24-16-8-6-15(19)7-9-16)17(23)21-10-4-3-5-12-22-13-11-20-14-22/h6-9,11,13-14H,3-5,10,12H2,1-2H3,(H,21,23). The second-order valence-electron chi connectivity index (χ2n) is 6.18. The maximum Gasteiger partial charge on any atom is 0.263 e. The molecule has 2 rings (SSSR count). The third-order valence-corrected chi connectivity index (χ3v) is 3.92. The molecule has 0 radical (unpaired) electrons. The summed E-state index contributed by atoms with van der Waals surface area (Å²) < 4.78 is 7.82. The highest BCUT2D eigenvalue weighted by atomic mass is 35.5. The van der Waals surface area contributed by atoms with Crippen molar-refractivity contribution in [2.24, 2.45) is 0 Å². The minimum absolute atomic E-state index is 0.118. The molecule has 0 aliphatic rings. The maximum absolute atomic E-state index is 12.3. The number of nitrogens with one attached hydrogen (secondary N) is 1. The molecule has 0 atom stereocenters. The number of benzene rings is 1. The normalized spacial score (nSPS) is 11.3. The van der Waals surface area contributed by atoms with Crippen LogP contribution in [0, 0.1) is 0 Å². The van der Waals surface area contributed by atoms with Gasteiger partial charge in [0.2, 0.25) is 0 Å². The molecule has 0 aliphatic heterocycles. The van der Waals surface area contributed by atoms with Gasteiger partial charge in [-0.3, -0.25) is 4.79 Å². The average molecular weight is 350 g/mol. The number of aromatic nitrogens is 2. The molecule has 0 bridgehead atoms. The molecule has 0 unspecified atom stereocenters. The van der Waals surface area contributed by atoms with E-state index in [1.165, 1.54) is 0 Å². The van der Waals surface area contributed by atoms with Crippen LogP contribution in [0.1, 0.15) is 33.1 Å². The monoisotopic (exact) mass is 349 g/mol. The number of aryl methyl sites for hydroxylation is 1. The Hall–Kier alpha value is -2.01. The number of carbonyl (C=O) groups excluding carboxylic acids is 1. The number of imidazole rings is 1. The molecule has 1 aromatic heterocycles. The lowest BCUT2D eigenvalue weighted by Gasteiger charge is -2.25. The second-order valence-corrected chi connectivity index (χ2v) is 6.62. The summed E-state index contributed by atoms with van der Waals surface area (Å²) in [7, 11) is 0. The van der Waals surface area contributed by atoms with Gasteiger partial charge in [-0.15, -0.1) is 0 Å². The minimum Gasteiger partial charge on any atom is -0.478 e. The topological polar surface area (TPSA) is 56.1 Å². The van der Waals surface area contributed by atoms with Gasteiger partial charge in [0, 0.05) is 30.5 Å². The first-order valence-corrected chi connectivity index (χ1v) is 8.54. The van der Waals surface area contributed by atoms with E-state index in [9.17, 15) is 4.79 Å². The van der Waals surface area contributed by atoms with Gasteiger partial charge < -0.3 is 14.6 Å². The van der Waals surface area contributed by atoms with E-state index >= 15 is 0 Å². The fraction of sp³-hybridized carbons (Fsp3) is 0.444. The highest BCUT2D eigenvalue weighted by molar-refractivity contribution is 6.30. The summed E-state index contributed by atoms with van der Waals surface area (Å²) in [5.74, 6) is 0.506. The molecule has 1 heterocycles. The number of rotatable bonds is 9. The number of unbranched alkanes of at least 4 members (excludes halogenated alkanes) is 2. The summed E-state index contributed by atoms with van der Waals surface area (Å²) in [5, 5.41) is 3.58. The van der Waals surface area contributed by atoms with Crippen molar-refractivity contribution in [2.75, 3.05) is 6.54 Å². The quantitative estimate of drug-likeness (QED) is 0.702. The number of carbonyl (C=O) groups is 1. The van der Waals surface area contributed by atoms with Crippen molar-refractivity contribution >= 4 is 17.5 Å². The Kier molecular flexibility index (Phi) is 6.67. The van der Waals surface area contributed by atoms with Crippen molar-refractivity contribution in [2.45, 2.75) is 45.3 Å². The number of amides is 1. The number of hydrogen-bond acceptors (Lipinski definition) is 3. The predicted molar refractivity (Wildman–Crippen MR) is 95.2 cm³/mol. The molecule has 1 amide bonds. The van der Waals surface area contributed by atoms with Crippen LogP contribution in [0.5, 0.6) is 5.75 Å². The summed E-state index contributed by atoms with van der Waals surface area (Å²) in [6.45, 7) is 5.13. The van der Waals surface area contributed by atoms with Gasteiger partial charge in [0.15, 0.2) is 5.60 Å². The zero-order chi connectivity index (χ0) is 17.4. The Balaban J connectivity index is 1.65. The number of ether oxygens (including phenoxy) is 1. The maximum atomic E-state index is 12.3. The molecule has 0 saturated carbocycles. The van der Waals surface area contributed by atoms with Crippen LogP contribution in [0.25, 0.3) is 0 Å². The lowest BCUT2D eigenvalue weighted by Crippen LogP contribution is -2.46. The predicted octanol–water partition coefficient (Wildman–Crippen LogP) is 3.68. The Labute approximate surface area is 148 Å². The van der Waals surface area contributed by atoms with Crippen LogP contribution in [-0.2, 0) is 11.3 Å². The molecule has 0 saturated heterocycles. The first-order chi connectivity index (χ1) is 11.5. The van der Waals surface area contributed by atoms with Gasteiger partial charge in [0.25, 0.3) is 5.91 Å². The molecule has 1 aromatic carbocycles. The number of nitrogens with zero attached hydrogens (tertiary/aromatic N) is 2. The van der Waals surface area contributed by atoms with E-state index in [1.807, 2.05) is 12.5 Å². The van der Waals surface area contributed by atoms with E-state index in [4.69, 9.17) is 16.3 Å². The lowest BCUT2D eigenvalue weighted by molar-refractivity contribution is -0.134. The van der Waals surface area contributed by atoms with E-state index in [0.29, 0.717) is 17.3 Å². The summed E-state index contributed by atoms with van der Waals surface area (Å²) in [6, 6.07) is 7.00. The van der Waals surface area contributed by atoms with Gasteiger partial charge in [0.1, 0.15) is 5.75 Å². The third-order valence-electron chi connectivity index (χ3n) is 3.67. The second kappa shape index (κ2) is 8.73. The summed E-state index contributed by atoms with van der Waals surface area (Å²) in [5.41, 5.74) is -0.926. The number of halogens is 1. The molecule has 130 valence electrons. The van der Waals surface area contributed by atoms with Gasteiger partial charge in [-0.2, -0.15) is 0 Å². The summed E-state index contributed by atoms with van der Waals surface area (Å²) in [6.07, 6.45) is 8.62. The van der Waals surface area contributed by atoms with Crippen LogP contribution in [0.15, 0.2) is 43.0 Å². The average Bonchev–Trinajstić information content (AvgIpc) is 3.06. The molecule has 24 heavy (non-hydrogen) atoms. The van der Waals surface area contributed by atoms with Crippen LogP contribution in [0.4, 0.5) is 0 Å². The fourth-order valence-corrected chi connectivity index (χ4v) is 2.40. The molecule has 0 fully saturated rings. The van der Waals surface area contributed by atoms with Gasteiger partial charge >= 0.3 is 0 Å². The van der Waals surface area contributed by atoms with Gasteiger partial charge in [-0.05, 0) is 57.4 Å². The van der Waals surface area contributed by atoms with Crippen LogP contribution >= 0.6 is 11.6 Å². The van der Waals surface area contributed by atoms with E-state index in [0.717, 1.165) is 25.8 Å². The van der Waals surface area contributed by atoms with Crippen molar-refractivity contribution < 1.29 is 9.53 Å². The van der Waals surface area contributed by atoms with Crippen LogP contribution < -0.4 is 10.1 Å². The minimum atomic E-state index is -0.926. The Morgan fingerprint density at radius 1 is 1.25 bits per heavy atom. The van der Waals surface area contributed by atoms with E-state index in [-0.39, 0.29) is 5.91 Å². The smallest absolute Gasteiger partial charge is 0.263 e. The van der Waals surface area contributed by atoms with Crippen molar-refractivity contribution in [1.82, 2.24) is 14.9 Å². The zero-order valence-corrected chi connectivity index (χ0v) is 14.9. The van der Waals surface area contributed by atoms with Crippen molar-refractivity contribution in [3.05, 3.63) is 48.0 Å². The van der Waals surface area contributed by atoms with Crippen molar-refractivity contribution in [1.29, 1.82) is 0 Å². The first kappa shape index (κ1) is 18.3. The molecule has 1 N–H and O–H groups in total. The van der Waals surface area contributed by atoms with Crippen molar-refractivity contribution in [3.8, 4) is 5.75 Å². The molecule has 5 nitrogen and oxygen atoms in total. The third kappa shape index (κ3) is 5.89. The molecule has 6 heteroatoms. The molecular weight excluding hydrogens is 326 g/mol. The van der Waals surface area contributed by atoms with E-state index in [2.05, 4.69) is 14.9 Å². The molecule has 2 aromatic rings. The zero-order valence-electron chi connectivity index (χ0n) is 14.2. The highest BCUT2D eigenvalue weighted by Crippen LogP contribution is 2.21. The molecule has 0 aliphatic carbocycles. The number of hydrogen-bond donors (Lipinski definition) is 1. The van der Waals surface area contributed by atoms with E-state index < -0.39 is 5.60 Å². The SMILES string of the molecule is CC(C)(Oc1ccc(Cl)cc1)C(=O)NCCCCCn1ccnc1. The van der Waals surface area contributed by atoms with E-state index in [1.54, 1.807) is 44.3 Å². The Morgan fingerprint density at radius 2 is 2.00 bits per heavy atom. The Bertz CT molecular complexity index is 624. The van der Waals surface area contributed by atoms with Crippen LogP contribution in [0.3, 0.4) is 0 Å². The lowest BCUT2D eigenvalue weighted by atomic mass is 10.1. The molecule has 0 spiro atoms. The van der Waals surface area contributed by atoms with Gasteiger partial charge in [0.05, 0.1) is 6.33 Å². The first-order valence-electron chi connectivity index (χ1n) is 8.16. The summed E-state index contributed by atoms with van der Waals surface area (Å²) >= 11 is 5.85. The Morgan fingerprint density at radius 3 is 2.67 bits per heavy atom. The van der Waals surface area contributed by atoms with Gasteiger partial charge in [-0.1, -0.05) is 11.6 Å².